The van der Waals surface area contributed by atoms with Crippen molar-refractivity contribution < 1.29 is 0 Å². The third-order valence-corrected chi connectivity index (χ3v) is 3.83. The Bertz CT molecular complexity index is 529. The van der Waals surface area contributed by atoms with Gasteiger partial charge in [0, 0.05) is 11.6 Å². The Morgan fingerprint density at radius 2 is 2.00 bits per heavy atom. The topological polar surface area (TPSA) is 50.9 Å². The largest absolute Gasteiger partial charge is 0.271 e. The minimum Gasteiger partial charge on any atom is -0.271 e. The third-order valence-electron chi connectivity index (χ3n) is 3.83. The minimum absolute atomic E-state index is 0.0839. The van der Waals surface area contributed by atoms with Gasteiger partial charge in [0.2, 0.25) is 0 Å². The summed E-state index contributed by atoms with van der Waals surface area (Å²) in [7, 11) is 0. The summed E-state index contributed by atoms with van der Waals surface area (Å²) in [5, 5.41) is 1.15. The van der Waals surface area contributed by atoms with Gasteiger partial charge in [0.1, 0.15) is 0 Å². The van der Waals surface area contributed by atoms with Gasteiger partial charge in [-0.15, -0.1) is 0 Å². The molecule has 3 heteroatoms. The summed E-state index contributed by atoms with van der Waals surface area (Å²) in [6.07, 6.45) is 2.88. The van der Waals surface area contributed by atoms with Gasteiger partial charge in [-0.1, -0.05) is 45.0 Å². The van der Waals surface area contributed by atoms with E-state index in [1.807, 2.05) is 12.3 Å². The van der Waals surface area contributed by atoms with Crippen LogP contribution in [-0.4, -0.2) is 4.98 Å². The Morgan fingerprint density at radius 1 is 1.28 bits per heavy atom. The summed E-state index contributed by atoms with van der Waals surface area (Å²) < 4.78 is 0. The maximum absolute atomic E-state index is 5.78. The van der Waals surface area contributed by atoms with Gasteiger partial charge < -0.3 is 0 Å². The van der Waals surface area contributed by atoms with Crippen molar-refractivity contribution in [2.45, 2.75) is 33.2 Å². The molecule has 0 saturated carbocycles. The average molecular weight is 243 g/mol. The number of nitrogens with zero attached hydrogens (tertiary/aromatic N) is 1. The van der Waals surface area contributed by atoms with Gasteiger partial charge in [-0.3, -0.25) is 16.3 Å². The van der Waals surface area contributed by atoms with Crippen LogP contribution >= 0.6 is 0 Å². The fraction of sp³-hybridized carbons (Fsp3) is 0.400. The quantitative estimate of drug-likeness (QED) is 0.640. The number of hydrazine groups is 1. The van der Waals surface area contributed by atoms with Crippen LogP contribution in [0.25, 0.3) is 10.9 Å². The van der Waals surface area contributed by atoms with Crippen LogP contribution in [0, 0.1) is 5.41 Å². The molecule has 3 nitrogen and oxygen atoms in total. The van der Waals surface area contributed by atoms with E-state index in [2.05, 4.69) is 55.4 Å². The lowest BCUT2D eigenvalue weighted by Gasteiger charge is -2.33. The highest BCUT2D eigenvalue weighted by Crippen LogP contribution is 2.37. The first kappa shape index (κ1) is 13.0. The third kappa shape index (κ3) is 2.24. The highest BCUT2D eigenvalue weighted by Gasteiger charge is 2.29. The van der Waals surface area contributed by atoms with E-state index in [-0.39, 0.29) is 11.5 Å². The molecule has 0 spiro atoms. The first-order valence-corrected chi connectivity index (χ1v) is 6.40. The number of nitrogens with one attached hydrogen (secondary N) is 1. The molecular weight excluding hydrogens is 222 g/mol. The zero-order valence-corrected chi connectivity index (χ0v) is 11.3. The van der Waals surface area contributed by atoms with E-state index in [9.17, 15) is 0 Å². The fourth-order valence-electron chi connectivity index (χ4n) is 2.30. The van der Waals surface area contributed by atoms with E-state index in [1.54, 1.807) is 0 Å². The number of hydrogen-bond acceptors (Lipinski definition) is 3. The molecule has 18 heavy (non-hydrogen) atoms. The maximum atomic E-state index is 5.78. The number of fused-ring (bicyclic) bond motifs is 1. The van der Waals surface area contributed by atoms with Gasteiger partial charge in [-0.25, -0.2) is 0 Å². The molecule has 0 aliphatic carbocycles. The Labute approximate surface area is 108 Å². The van der Waals surface area contributed by atoms with E-state index in [0.717, 1.165) is 17.3 Å². The molecule has 3 N–H and O–H groups in total. The van der Waals surface area contributed by atoms with Gasteiger partial charge in [0.25, 0.3) is 0 Å². The lowest BCUT2D eigenvalue weighted by molar-refractivity contribution is 0.237. The van der Waals surface area contributed by atoms with E-state index >= 15 is 0 Å². The first-order chi connectivity index (χ1) is 8.60. The smallest absolute Gasteiger partial charge is 0.0750 e. The number of benzene rings is 1. The van der Waals surface area contributed by atoms with E-state index in [1.165, 1.54) is 5.56 Å². The molecule has 2 rings (SSSR count). The SMILES string of the molecule is CCC(C)(C)C(NN)c1cccc2cccnc12. The molecule has 0 saturated heterocycles. The second-order valence-electron chi connectivity index (χ2n) is 5.36. The number of rotatable bonds is 4. The first-order valence-electron chi connectivity index (χ1n) is 6.40. The van der Waals surface area contributed by atoms with Crippen molar-refractivity contribution in [3.05, 3.63) is 42.1 Å². The molecule has 96 valence electrons. The number of hydrogen-bond donors (Lipinski definition) is 2. The normalized spacial score (nSPS) is 13.8. The van der Waals surface area contributed by atoms with Crippen LogP contribution < -0.4 is 11.3 Å². The van der Waals surface area contributed by atoms with Gasteiger partial charge in [0.15, 0.2) is 0 Å². The van der Waals surface area contributed by atoms with Crippen LogP contribution in [-0.2, 0) is 0 Å². The highest BCUT2D eigenvalue weighted by atomic mass is 15.2. The molecular formula is C15H21N3. The summed E-state index contributed by atoms with van der Waals surface area (Å²) >= 11 is 0. The Balaban J connectivity index is 2.59. The van der Waals surface area contributed by atoms with Crippen molar-refractivity contribution in [2.75, 3.05) is 0 Å². The number of pyridine rings is 1. The van der Waals surface area contributed by atoms with Gasteiger partial charge >= 0.3 is 0 Å². The molecule has 1 atom stereocenters. The molecule has 1 aromatic carbocycles. The molecule has 0 radical (unpaired) electrons. The van der Waals surface area contributed by atoms with Crippen molar-refractivity contribution in [2.24, 2.45) is 11.3 Å². The van der Waals surface area contributed by atoms with Crippen LogP contribution in [0.2, 0.25) is 0 Å². The molecule has 0 amide bonds. The predicted octanol–water partition coefficient (Wildman–Crippen LogP) is 3.18. The second-order valence-corrected chi connectivity index (χ2v) is 5.36. The maximum Gasteiger partial charge on any atom is 0.0750 e. The summed E-state index contributed by atoms with van der Waals surface area (Å²) in [5.74, 6) is 5.78. The zero-order valence-electron chi connectivity index (χ0n) is 11.3. The number of para-hydroxylation sites is 1. The van der Waals surface area contributed by atoms with Crippen LogP contribution in [0.1, 0.15) is 38.8 Å². The van der Waals surface area contributed by atoms with Crippen molar-refractivity contribution in [3.8, 4) is 0 Å². The molecule has 0 bridgehead atoms. The van der Waals surface area contributed by atoms with Crippen LogP contribution in [0.4, 0.5) is 0 Å². The molecule has 0 aliphatic rings. The van der Waals surface area contributed by atoms with Crippen molar-refractivity contribution >= 4 is 10.9 Å². The van der Waals surface area contributed by atoms with E-state index < -0.39 is 0 Å². The predicted molar refractivity (Wildman–Crippen MR) is 75.9 cm³/mol. The fourth-order valence-corrected chi connectivity index (χ4v) is 2.30. The van der Waals surface area contributed by atoms with Crippen molar-refractivity contribution in [3.63, 3.8) is 0 Å². The molecule has 0 fully saturated rings. The van der Waals surface area contributed by atoms with Gasteiger partial charge in [-0.05, 0) is 23.5 Å². The minimum atomic E-state index is 0.0839. The summed E-state index contributed by atoms with van der Waals surface area (Å²) in [4.78, 5) is 4.50. The molecule has 1 heterocycles. The Morgan fingerprint density at radius 3 is 2.67 bits per heavy atom. The lowest BCUT2D eigenvalue weighted by Crippen LogP contribution is -2.38. The number of nitrogens with two attached hydrogens (primary N) is 1. The van der Waals surface area contributed by atoms with Gasteiger partial charge in [0.05, 0.1) is 11.6 Å². The Kier molecular flexibility index (Phi) is 3.64. The second kappa shape index (κ2) is 5.04. The lowest BCUT2D eigenvalue weighted by atomic mass is 9.78. The summed E-state index contributed by atoms with van der Waals surface area (Å²) in [5.41, 5.74) is 5.25. The molecule has 2 aromatic rings. The van der Waals surface area contributed by atoms with Crippen molar-refractivity contribution in [1.29, 1.82) is 0 Å². The van der Waals surface area contributed by atoms with E-state index in [0.29, 0.717) is 0 Å². The molecule has 1 aromatic heterocycles. The average Bonchev–Trinajstić information content (AvgIpc) is 2.39. The number of aromatic nitrogens is 1. The van der Waals surface area contributed by atoms with Crippen LogP contribution in [0.15, 0.2) is 36.5 Å². The standard InChI is InChI=1S/C15H21N3/c1-4-15(2,3)14(18-16)12-9-5-7-11-8-6-10-17-13(11)12/h5-10,14,18H,4,16H2,1-3H3. The van der Waals surface area contributed by atoms with Gasteiger partial charge in [-0.2, -0.15) is 0 Å². The molecule has 1 unspecified atom stereocenters. The summed E-state index contributed by atoms with van der Waals surface area (Å²) in [6.45, 7) is 6.63. The van der Waals surface area contributed by atoms with Crippen molar-refractivity contribution in [1.82, 2.24) is 10.4 Å². The Hall–Kier alpha value is -1.45. The van der Waals surface area contributed by atoms with Crippen LogP contribution in [0.3, 0.4) is 0 Å². The highest BCUT2D eigenvalue weighted by molar-refractivity contribution is 5.82. The van der Waals surface area contributed by atoms with E-state index in [4.69, 9.17) is 5.84 Å². The molecule has 0 aliphatic heterocycles. The van der Waals surface area contributed by atoms with Crippen LogP contribution in [0.5, 0.6) is 0 Å². The summed E-state index contributed by atoms with van der Waals surface area (Å²) in [6, 6.07) is 10.4. The zero-order chi connectivity index (χ0) is 13.2. The monoisotopic (exact) mass is 243 g/mol.